The average molecular weight is 560 g/mol. The van der Waals surface area contributed by atoms with E-state index in [1.807, 2.05) is 47.7 Å². The first-order chi connectivity index (χ1) is 19.8. The SMILES string of the molecule is C=CN(C1=N[C@H](CC)C(CC)(CC)c2ccccc21)c1c(CC(C)C)cc(C#N)cc1CC(C)C.CC.CC.CC. The summed E-state index contributed by atoms with van der Waals surface area (Å²) in [6, 6.07) is 15.6. The van der Waals surface area contributed by atoms with Crippen LogP contribution in [-0.2, 0) is 18.3 Å². The first kappa shape index (κ1) is 38.1. The molecule has 228 valence electrons. The highest BCUT2D eigenvalue weighted by molar-refractivity contribution is 6.13. The zero-order valence-corrected chi connectivity index (χ0v) is 28.9. The first-order valence-corrected chi connectivity index (χ1v) is 16.4. The molecule has 1 atom stereocenters. The van der Waals surface area contributed by atoms with Gasteiger partial charge in [-0.05, 0) is 72.8 Å². The van der Waals surface area contributed by atoms with E-state index in [1.165, 1.54) is 22.3 Å². The van der Waals surface area contributed by atoms with Gasteiger partial charge in [-0.2, -0.15) is 5.26 Å². The summed E-state index contributed by atoms with van der Waals surface area (Å²) in [6.45, 7) is 32.1. The molecule has 41 heavy (non-hydrogen) atoms. The highest BCUT2D eigenvalue weighted by Gasteiger charge is 2.43. The van der Waals surface area contributed by atoms with E-state index in [9.17, 15) is 5.26 Å². The molecule has 0 amide bonds. The van der Waals surface area contributed by atoms with Crippen molar-refractivity contribution in [1.82, 2.24) is 0 Å². The Kier molecular flexibility index (Phi) is 17.9. The van der Waals surface area contributed by atoms with Crippen molar-refractivity contribution in [2.75, 3.05) is 4.90 Å². The minimum atomic E-state index is 0.0495. The predicted molar refractivity (Wildman–Crippen MR) is 184 cm³/mol. The van der Waals surface area contributed by atoms with Gasteiger partial charge in [0, 0.05) is 17.2 Å². The van der Waals surface area contributed by atoms with Gasteiger partial charge in [-0.15, -0.1) is 0 Å². The Morgan fingerprint density at radius 2 is 1.39 bits per heavy atom. The summed E-state index contributed by atoms with van der Waals surface area (Å²) in [5.74, 6) is 1.93. The lowest BCUT2D eigenvalue weighted by Gasteiger charge is -2.44. The lowest BCUT2D eigenvalue weighted by molar-refractivity contribution is 0.307. The quantitative estimate of drug-likeness (QED) is 0.306. The van der Waals surface area contributed by atoms with Crippen LogP contribution in [0.1, 0.15) is 137 Å². The van der Waals surface area contributed by atoms with Gasteiger partial charge in [-0.1, -0.05) is 121 Å². The zero-order valence-electron chi connectivity index (χ0n) is 28.9. The maximum absolute atomic E-state index is 9.79. The van der Waals surface area contributed by atoms with Crippen LogP contribution >= 0.6 is 0 Å². The van der Waals surface area contributed by atoms with Gasteiger partial charge in [0.1, 0.15) is 5.84 Å². The van der Waals surface area contributed by atoms with E-state index < -0.39 is 0 Å². The molecule has 0 aliphatic carbocycles. The van der Waals surface area contributed by atoms with Crippen molar-refractivity contribution in [3.8, 4) is 6.07 Å². The van der Waals surface area contributed by atoms with E-state index in [0.717, 1.165) is 49.2 Å². The van der Waals surface area contributed by atoms with Gasteiger partial charge in [0.15, 0.2) is 0 Å². The molecule has 3 heteroatoms. The van der Waals surface area contributed by atoms with Crippen LogP contribution in [0.4, 0.5) is 5.69 Å². The molecule has 0 aromatic heterocycles. The summed E-state index contributed by atoms with van der Waals surface area (Å²) in [5.41, 5.74) is 6.95. The molecule has 1 aliphatic heterocycles. The molecule has 0 N–H and O–H groups in total. The standard InChI is InChI=1S/C32H43N3.3C2H6/c1-9-29-32(10-2,11-3)28-16-14-13-15-27(28)31(34-29)35(12-4)30-25(17-22(5)6)19-24(21-33)20-26(30)18-23(7)8;3*1-2/h12-16,19-20,22-23,29H,4,9-11,17-18H2,1-3,5-8H3;3*1-2H3/t29-;;;/m1.../s1. The Balaban J connectivity index is 0.00000250. The third-order valence-electron chi connectivity index (χ3n) is 7.57. The van der Waals surface area contributed by atoms with E-state index >= 15 is 0 Å². The van der Waals surface area contributed by atoms with Crippen molar-refractivity contribution >= 4 is 11.5 Å². The molecule has 0 spiro atoms. The predicted octanol–water partition coefficient (Wildman–Crippen LogP) is 11.3. The van der Waals surface area contributed by atoms with Crippen molar-refractivity contribution < 1.29 is 0 Å². The van der Waals surface area contributed by atoms with Crippen molar-refractivity contribution in [3.05, 3.63) is 77.0 Å². The molecule has 3 rings (SSSR count). The molecule has 0 saturated carbocycles. The molecule has 2 aromatic carbocycles. The molecule has 0 saturated heterocycles. The van der Waals surface area contributed by atoms with Crippen LogP contribution < -0.4 is 4.90 Å². The third kappa shape index (κ3) is 8.81. The Morgan fingerprint density at radius 3 is 1.78 bits per heavy atom. The van der Waals surface area contributed by atoms with E-state index in [-0.39, 0.29) is 11.5 Å². The number of hydrogen-bond acceptors (Lipinski definition) is 3. The third-order valence-corrected chi connectivity index (χ3v) is 7.57. The van der Waals surface area contributed by atoms with E-state index in [0.29, 0.717) is 11.8 Å². The normalized spacial score (nSPS) is 14.6. The van der Waals surface area contributed by atoms with Crippen LogP contribution in [0.15, 0.2) is 54.2 Å². The maximum Gasteiger partial charge on any atom is 0.140 e. The zero-order chi connectivity index (χ0) is 31.8. The van der Waals surface area contributed by atoms with Gasteiger partial charge in [0.25, 0.3) is 0 Å². The number of anilines is 1. The molecule has 1 aliphatic rings. The Bertz CT molecular complexity index is 1080. The molecule has 1 heterocycles. The van der Waals surface area contributed by atoms with Crippen LogP contribution in [0.3, 0.4) is 0 Å². The summed E-state index contributed by atoms with van der Waals surface area (Å²) in [5, 5.41) is 9.79. The summed E-state index contributed by atoms with van der Waals surface area (Å²) in [7, 11) is 0. The molecule has 0 bridgehead atoms. The van der Waals surface area contributed by atoms with Crippen LogP contribution in [0.25, 0.3) is 0 Å². The van der Waals surface area contributed by atoms with Crippen LogP contribution in [0.5, 0.6) is 0 Å². The van der Waals surface area contributed by atoms with Crippen LogP contribution in [-0.4, -0.2) is 11.9 Å². The molecular weight excluding hydrogens is 498 g/mol. The number of nitrogens with zero attached hydrogens (tertiary/aromatic N) is 3. The summed E-state index contributed by atoms with van der Waals surface area (Å²) in [6.07, 6.45) is 6.87. The largest absolute Gasteiger partial charge is 0.302 e. The van der Waals surface area contributed by atoms with Crippen molar-refractivity contribution in [2.45, 2.75) is 134 Å². The summed E-state index contributed by atoms with van der Waals surface area (Å²) in [4.78, 5) is 7.70. The Hall–Kier alpha value is -2.86. The molecule has 2 aromatic rings. The Morgan fingerprint density at radius 1 is 0.902 bits per heavy atom. The fourth-order valence-corrected chi connectivity index (χ4v) is 6.02. The molecule has 0 fully saturated rings. The molecular formula is C38H61N3. The molecule has 0 radical (unpaired) electrons. The fourth-order valence-electron chi connectivity index (χ4n) is 6.02. The number of benzene rings is 2. The fraction of sp³-hybridized carbons (Fsp3) is 0.579. The van der Waals surface area contributed by atoms with E-state index in [4.69, 9.17) is 4.99 Å². The number of fused-ring (bicyclic) bond motifs is 1. The second-order valence-corrected chi connectivity index (χ2v) is 10.8. The number of hydrogen-bond donors (Lipinski definition) is 0. The van der Waals surface area contributed by atoms with Gasteiger partial charge in [0.2, 0.25) is 0 Å². The van der Waals surface area contributed by atoms with Crippen molar-refractivity contribution in [2.24, 2.45) is 16.8 Å². The second kappa shape index (κ2) is 19.3. The van der Waals surface area contributed by atoms with Gasteiger partial charge in [-0.3, -0.25) is 4.99 Å². The highest BCUT2D eigenvalue weighted by atomic mass is 15.2. The van der Waals surface area contributed by atoms with Crippen LogP contribution in [0.2, 0.25) is 0 Å². The van der Waals surface area contributed by atoms with Gasteiger partial charge >= 0.3 is 0 Å². The summed E-state index contributed by atoms with van der Waals surface area (Å²) < 4.78 is 0. The molecule has 0 unspecified atom stereocenters. The maximum atomic E-state index is 9.79. The van der Waals surface area contributed by atoms with Crippen molar-refractivity contribution in [3.63, 3.8) is 0 Å². The van der Waals surface area contributed by atoms with E-state index in [1.54, 1.807) is 0 Å². The molecule has 3 nitrogen and oxygen atoms in total. The monoisotopic (exact) mass is 559 g/mol. The average Bonchev–Trinajstić information content (AvgIpc) is 3.00. The summed E-state index contributed by atoms with van der Waals surface area (Å²) >= 11 is 0. The van der Waals surface area contributed by atoms with E-state index in [2.05, 4.69) is 102 Å². The number of nitriles is 1. The topological polar surface area (TPSA) is 39.4 Å². The minimum absolute atomic E-state index is 0.0495. The smallest absolute Gasteiger partial charge is 0.140 e. The lowest BCUT2D eigenvalue weighted by Crippen LogP contribution is -2.45. The number of rotatable bonds is 9. The first-order valence-electron chi connectivity index (χ1n) is 16.4. The number of aliphatic imine (C=N–C) groups is 1. The number of amidine groups is 1. The highest BCUT2D eigenvalue weighted by Crippen LogP contribution is 2.45. The van der Waals surface area contributed by atoms with Gasteiger partial charge in [-0.25, -0.2) is 0 Å². The Labute approximate surface area is 254 Å². The van der Waals surface area contributed by atoms with Crippen LogP contribution in [0, 0.1) is 23.2 Å². The van der Waals surface area contributed by atoms with Gasteiger partial charge in [0.05, 0.1) is 23.4 Å². The van der Waals surface area contributed by atoms with Crippen molar-refractivity contribution in [1.29, 1.82) is 5.26 Å². The second-order valence-electron chi connectivity index (χ2n) is 10.8. The minimum Gasteiger partial charge on any atom is -0.302 e. The lowest BCUT2D eigenvalue weighted by atomic mass is 9.66. The van der Waals surface area contributed by atoms with Gasteiger partial charge < -0.3 is 4.90 Å².